The van der Waals surface area contributed by atoms with Crippen LogP contribution in [0.2, 0.25) is 0 Å². The molecule has 0 bridgehead atoms. The average molecular weight is 321 g/mol. The van der Waals surface area contributed by atoms with Crippen LogP contribution < -0.4 is 5.32 Å². The van der Waals surface area contributed by atoms with Crippen LogP contribution in [0.5, 0.6) is 0 Å². The van der Waals surface area contributed by atoms with Crippen molar-refractivity contribution in [1.29, 1.82) is 0 Å². The maximum Gasteiger partial charge on any atom is 0.451 e. The second-order valence-electron chi connectivity index (χ2n) is 4.89. The Morgan fingerprint density at radius 2 is 1.74 bits per heavy atom. The summed E-state index contributed by atoms with van der Waals surface area (Å²) < 4.78 is 51.9. The summed E-state index contributed by atoms with van der Waals surface area (Å²) in [6, 6.07) is 12.2. The number of rotatable bonds is 3. The number of hydrogen-bond acceptors (Lipinski definition) is 3. The fraction of sp³-hybridized carbons (Fsp3) is 0.125. The topological polar surface area (TPSA) is 37.8 Å². The molecule has 3 aromatic rings. The number of halogens is 4. The van der Waals surface area contributed by atoms with E-state index in [1.54, 1.807) is 24.3 Å². The second-order valence-corrected chi connectivity index (χ2v) is 4.89. The van der Waals surface area contributed by atoms with Crippen LogP contribution in [-0.4, -0.2) is 9.97 Å². The van der Waals surface area contributed by atoms with Gasteiger partial charge in [-0.05, 0) is 29.8 Å². The lowest BCUT2D eigenvalue weighted by molar-refractivity contribution is -0.144. The molecule has 0 radical (unpaired) electrons. The number of aromatic nitrogens is 2. The first-order chi connectivity index (χ1) is 10.9. The Balaban J connectivity index is 1.98. The molecule has 7 heteroatoms. The lowest BCUT2D eigenvalue weighted by atomic mass is 10.2. The van der Waals surface area contributed by atoms with Crippen LogP contribution in [0, 0.1) is 5.82 Å². The highest BCUT2D eigenvalue weighted by molar-refractivity contribution is 5.89. The highest BCUT2D eigenvalue weighted by Crippen LogP contribution is 2.30. The van der Waals surface area contributed by atoms with Gasteiger partial charge in [-0.15, -0.1) is 0 Å². The van der Waals surface area contributed by atoms with E-state index in [4.69, 9.17) is 0 Å². The first kappa shape index (κ1) is 15.2. The van der Waals surface area contributed by atoms with E-state index in [1.165, 1.54) is 24.3 Å². The molecule has 0 fully saturated rings. The van der Waals surface area contributed by atoms with Gasteiger partial charge in [0.1, 0.15) is 11.6 Å². The van der Waals surface area contributed by atoms with Gasteiger partial charge in [-0.3, -0.25) is 0 Å². The van der Waals surface area contributed by atoms with Crippen molar-refractivity contribution in [2.24, 2.45) is 0 Å². The van der Waals surface area contributed by atoms with E-state index in [1.807, 2.05) is 0 Å². The highest BCUT2D eigenvalue weighted by atomic mass is 19.4. The Labute approximate surface area is 129 Å². The summed E-state index contributed by atoms with van der Waals surface area (Å²) in [7, 11) is 0. The van der Waals surface area contributed by atoms with Crippen LogP contribution >= 0.6 is 0 Å². The van der Waals surface area contributed by atoms with Gasteiger partial charge < -0.3 is 5.32 Å². The molecule has 0 unspecified atom stereocenters. The van der Waals surface area contributed by atoms with Gasteiger partial charge in [0.2, 0.25) is 5.82 Å². The third-order valence-electron chi connectivity index (χ3n) is 3.21. The zero-order chi connectivity index (χ0) is 16.4. The highest BCUT2D eigenvalue weighted by Gasteiger charge is 2.35. The molecule has 0 saturated heterocycles. The van der Waals surface area contributed by atoms with Crippen LogP contribution in [-0.2, 0) is 12.7 Å². The fourth-order valence-corrected chi connectivity index (χ4v) is 2.17. The molecule has 23 heavy (non-hydrogen) atoms. The summed E-state index contributed by atoms with van der Waals surface area (Å²) >= 11 is 0. The summed E-state index contributed by atoms with van der Waals surface area (Å²) in [6.07, 6.45) is -4.64. The molecule has 0 saturated carbocycles. The zero-order valence-corrected chi connectivity index (χ0v) is 11.7. The van der Waals surface area contributed by atoms with Crippen molar-refractivity contribution in [3.63, 3.8) is 0 Å². The monoisotopic (exact) mass is 321 g/mol. The maximum atomic E-state index is 13.2. The van der Waals surface area contributed by atoms with Crippen molar-refractivity contribution in [3.8, 4) is 0 Å². The summed E-state index contributed by atoms with van der Waals surface area (Å²) in [5, 5.41) is 3.30. The first-order valence-corrected chi connectivity index (χ1v) is 6.76. The molecule has 0 aliphatic heterocycles. The van der Waals surface area contributed by atoms with Gasteiger partial charge >= 0.3 is 6.18 Å². The molecule has 1 N–H and O–H groups in total. The predicted octanol–water partition coefficient (Wildman–Crippen LogP) is 4.40. The quantitative estimate of drug-likeness (QED) is 0.727. The number of para-hydroxylation sites is 1. The Morgan fingerprint density at radius 3 is 2.48 bits per heavy atom. The largest absolute Gasteiger partial charge is 0.451 e. The molecule has 118 valence electrons. The van der Waals surface area contributed by atoms with Crippen molar-refractivity contribution in [2.45, 2.75) is 12.7 Å². The molecule has 0 amide bonds. The summed E-state index contributed by atoms with van der Waals surface area (Å²) in [6.45, 7) is 0.149. The van der Waals surface area contributed by atoms with Gasteiger partial charge in [-0.2, -0.15) is 13.2 Å². The van der Waals surface area contributed by atoms with Gasteiger partial charge in [0.05, 0.1) is 5.52 Å². The van der Waals surface area contributed by atoms with Gasteiger partial charge in [0.15, 0.2) is 0 Å². The van der Waals surface area contributed by atoms with Crippen LogP contribution in [0.3, 0.4) is 0 Å². The van der Waals surface area contributed by atoms with Gasteiger partial charge in [-0.1, -0.05) is 24.3 Å². The van der Waals surface area contributed by atoms with E-state index < -0.39 is 17.8 Å². The fourth-order valence-electron chi connectivity index (χ4n) is 2.17. The van der Waals surface area contributed by atoms with Gasteiger partial charge in [-0.25, -0.2) is 14.4 Å². The molecule has 2 aromatic carbocycles. The summed E-state index contributed by atoms with van der Waals surface area (Å²) in [4.78, 5) is 7.11. The first-order valence-electron chi connectivity index (χ1n) is 6.76. The number of alkyl halides is 3. The molecule has 0 aliphatic carbocycles. The third kappa shape index (κ3) is 3.39. The van der Waals surface area contributed by atoms with E-state index in [-0.39, 0.29) is 17.9 Å². The van der Waals surface area contributed by atoms with E-state index in [0.29, 0.717) is 10.9 Å². The number of nitrogens with zero attached hydrogens (tertiary/aromatic N) is 2. The van der Waals surface area contributed by atoms with Gasteiger partial charge in [0, 0.05) is 11.9 Å². The number of benzene rings is 2. The number of fused-ring (bicyclic) bond motifs is 1. The third-order valence-corrected chi connectivity index (χ3v) is 3.21. The second kappa shape index (κ2) is 5.83. The SMILES string of the molecule is Fc1cccc(CNc2nc(C(F)(F)F)nc3ccccc23)c1. The van der Waals surface area contributed by atoms with E-state index in [9.17, 15) is 17.6 Å². The van der Waals surface area contributed by atoms with E-state index >= 15 is 0 Å². The molecular weight excluding hydrogens is 310 g/mol. The van der Waals surface area contributed by atoms with Crippen LogP contribution in [0.15, 0.2) is 48.5 Å². The zero-order valence-electron chi connectivity index (χ0n) is 11.7. The Kier molecular flexibility index (Phi) is 3.85. The molecule has 3 nitrogen and oxygen atoms in total. The molecular formula is C16H11F4N3. The van der Waals surface area contributed by atoms with Crippen molar-refractivity contribution in [1.82, 2.24) is 9.97 Å². The van der Waals surface area contributed by atoms with E-state index in [2.05, 4.69) is 15.3 Å². The number of nitrogens with one attached hydrogen (secondary N) is 1. The minimum absolute atomic E-state index is 0.0622. The average Bonchev–Trinajstić information content (AvgIpc) is 2.51. The minimum Gasteiger partial charge on any atom is -0.365 e. The van der Waals surface area contributed by atoms with Crippen LogP contribution in [0.1, 0.15) is 11.4 Å². The predicted molar refractivity (Wildman–Crippen MR) is 78.3 cm³/mol. The van der Waals surface area contributed by atoms with Crippen molar-refractivity contribution >= 4 is 16.7 Å². The summed E-state index contributed by atoms with van der Waals surface area (Å²) in [5.41, 5.74) is 0.790. The van der Waals surface area contributed by atoms with Crippen molar-refractivity contribution in [3.05, 3.63) is 65.7 Å². The van der Waals surface area contributed by atoms with Crippen LogP contribution in [0.25, 0.3) is 10.9 Å². The normalized spacial score (nSPS) is 11.7. The lowest BCUT2D eigenvalue weighted by Crippen LogP contribution is -2.13. The van der Waals surface area contributed by atoms with Crippen molar-refractivity contribution < 1.29 is 17.6 Å². The molecule has 1 aromatic heterocycles. The van der Waals surface area contributed by atoms with E-state index in [0.717, 1.165) is 0 Å². The molecule has 1 heterocycles. The Hall–Kier alpha value is -2.70. The molecule has 0 aliphatic rings. The smallest absolute Gasteiger partial charge is 0.365 e. The minimum atomic E-state index is -4.64. The van der Waals surface area contributed by atoms with Crippen molar-refractivity contribution in [2.75, 3.05) is 5.32 Å². The molecule has 0 atom stereocenters. The Bertz CT molecular complexity index is 846. The number of anilines is 1. The Morgan fingerprint density at radius 1 is 0.957 bits per heavy atom. The summed E-state index contributed by atoms with van der Waals surface area (Å²) in [5.74, 6) is -1.56. The maximum absolute atomic E-state index is 13.2. The van der Waals surface area contributed by atoms with Gasteiger partial charge in [0.25, 0.3) is 0 Å². The lowest BCUT2D eigenvalue weighted by Gasteiger charge is -2.12. The number of hydrogen-bond donors (Lipinski definition) is 1. The standard InChI is InChI=1S/C16H11F4N3/c17-11-5-3-4-10(8-11)9-21-14-12-6-1-2-7-13(12)22-15(23-14)16(18,19)20/h1-8H,9H2,(H,21,22,23). The molecule has 0 spiro atoms. The van der Waals surface area contributed by atoms with Crippen LogP contribution in [0.4, 0.5) is 23.4 Å². The molecule has 3 rings (SSSR count).